The molecule has 0 bridgehead atoms. The van der Waals surface area contributed by atoms with E-state index < -0.39 is 5.60 Å². The normalized spacial score (nSPS) is 17.3. The number of ether oxygens (including phenoxy) is 2. The lowest BCUT2D eigenvalue weighted by Gasteiger charge is -2.42. The van der Waals surface area contributed by atoms with E-state index in [2.05, 4.69) is 10.2 Å². The van der Waals surface area contributed by atoms with E-state index in [1.165, 1.54) is 0 Å². The SMILES string of the molecule is CC(C)c1nnc(CCC(=O)N2CCO[C@](COc3ccc(Cl)cc3)(CC(=O)N(C)Cc3ccccc3)C2)o1. The van der Waals surface area contributed by atoms with Crippen LogP contribution in [0.5, 0.6) is 5.75 Å². The summed E-state index contributed by atoms with van der Waals surface area (Å²) in [7, 11) is 1.77. The average Bonchev–Trinajstić information content (AvgIpc) is 3.42. The topological polar surface area (TPSA) is 98.0 Å². The molecule has 1 atom stereocenters. The number of morpholine rings is 1. The summed E-state index contributed by atoms with van der Waals surface area (Å²) >= 11 is 6.01. The van der Waals surface area contributed by atoms with Crippen molar-refractivity contribution in [2.75, 3.05) is 33.4 Å². The summed E-state index contributed by atoms with van der Waals surface area (Å²) < 4.78 is 17.9. The van der Waals surface area contributed by atoms with Crippen molar-refractivity contribution in [3.63, 3.8) is 0 Å². The van der Waals surface area contributed by atoms with Gasteiger partial charge in [0, 0.05) is 43.9 Å². The summed E-state index contributed by atoms with van der Waals surface area (Å²) in [6, 6.07) is 16.8. The summed E-state index contributed by atoms with van der Waals surface area (Å²) in [5.74, 6) is 1.56. The Bertz CT molecular complexity index is 1230. The fourth-order valence-corrected chi connectivity index (χ4v) is 4.50. The van der Waals surface area contributed by atoms with Gasteiger partial charge in [-0.15, -0.1) is 10.2 Å². The molecular weight excluding hydrogens is 520 g/mol. The quantitative estimate of drug-likeness (QED) is 0.344. The Kier molecular flexibility index (Phi) is 9.59. The first kappa shape index (κ1) is 28.6. The van der Waals surface area contributed by atoms with E-state index in [0.717, 1.165) is 5.56 Å². The number of nitrogens with zero attached hydrogens (tertiary/aromatic N) is 4. The van der Waals surface area contributed by atoms with Crippen molar-refractivity contribution in [2.24, 2.45) is 0 Å². The third-order valence-corrected chi connectivity index (χ3v) is 6.86. The molecule has 0 radical (unpaired) electrons. The lowest BCUT2D eigenvalue weighted by Crippen LogP contribution is -2.58. The van der Waals surface area contributed by atoms with Crippen LogP contribution in [0.2, 0.25) is 5.02 Å². The Labute approximate surface area is 234 Å². The first-order valence-electron chi connectivity index (χ1n) is 13.1. The van der Waals surface area contributed by atoms with Crippen LogP contribution < -0.4 is 4.74 Å². The van der Waals surface area contributed by atoms with Gasteiger partial charge in [0.25, 0.3) is 0 Å². The Balaban J connectivity index is 1.44. The molecule has 0 spiro atoms. The van der Waals surface area contributed by atoms with E-state index in [-0.39, 0.29) is 43.7 Å². The largest absolute Gasteiger partial charge is 0.490 e. The molecule has 2 amide bonds. The summed E-state index contributed by atoms with van der Waals surface area (Å²) in [5, 5.41) is 8.69. The maximum atomic E-state index is 13.4. The van der Waals surface area contributed by atoms with Gasteiger partial charge in [-0.25, -0.2) is 0 Å². The van der Waals surface area contributed by atoms with Gasteiger partial charge >= 0.3 is 0 Å². The Hall–Kier alpha value is -3.43. The number of carbonyl (C=O) groups excluding carboxylic acids is 2. The molecule has 1 aromatic heterocycles. The molecule has 4 rings (SSSR count). The Morgan fingerprint density at radius 1 is 1.13 bits per heavy atom. The zero-order chi connectivity index (χ0) is 27.8. The second-order valence-electron chi connectivity index (χ2n) is 10.2. The zero-order valence-corrected chi connectivity index (χ0v) is 23.4. The number of halogens is 1. The zero-order valence-electron chi connectivity index (χ0n) is 22.6. The fraction of sp³-hybridized carbons (Fsp3) is 0.448. The van der Waals surface area contributed by atoms with E-state index in [4.69, 9.17) is 25.5 Å². The van der Waals surface area contributed by atoms with Crippen molar-refractivity contribution in [1.82, 2.24) is 20.0 Å². The van der Waals surface area contributed by atoms with Crippen LogP contribution in [0.3, 0.4) is 0 Å². The van der Waals surface area contributed by atoms with Gasteiger partial charge in [-0.3, -0.25) is 9.59 Å². The molecular formula is C29H35ClN4O5. The van der Waals surface area contributed by atoms with E-state index in [0.29, 0.717) is 48.7 Å². The summed E-state index contributed by atoms with van der Waals surface area (Å²) in [6.45, 7) is 5.47. The molecule has 9 nitrogen and oxygen atoms in total. The van der Waals surface area contributed by atoms with Gasteiger partial charge in [-0.05, 0) is 29.8 Å². The van der Waals surface area contributed by atoms with Crippen molar-refractivity contribution in [3.05, 3.63) is 77.0 Å². The standard InChI is InChI=1S/C29H35ClN4O5/c1-21(2)28-32-31-25(39-28)13-14-26(35)34-15-16-38-29(19-34,20-37-24-11-9-23(30)10-12-24)17-27(36)33(3)18-22-7-5-4-6-8-22/h4-12,21H,13-20H2,1-3H3/t29-/m1/s1. The van der Waals surface area contributed by atoms with Crippen LogP contribution in [0.4, 0.5) is 0 Å². The third-order valence-electron chi connectivity index (χ3n) is 6.61. The number of hydrogen-bond acceptors (Lipinski definition) is 7. The number of hydrogen-bond donors (Lipinski definition) is 0. The third kappa shape index (κ3) is 8.03. The van der Waals surface area contributed by atoms with Gasteiger partial charge in [0.05, 0.1) is 19.6 Å². The van der Waals surface area contributed by atoms with Crippen molar-refractivity contribution in [2.45, 2.75) is 51.2 Å². The molecule has 0 unspecified atom stereocenters. The first-order valence-corrected chi connectivity index (χ1v) is 13.5. The van der Waals surface area contributed by atoms with Gasteiger partial charge in [0.15, 0.2) is 0 Å². The van der Waals surface area contributed by atoms with Crippen molar-refractivity contribution in [3.8, 4) is 5.75 Å². The highest BCUT2D eigenvalue weighted by atomic mass is 35.5. The lowest BCUT2D eigenvalue weighted by molar-refractivity contribution is -0.165. The van der Waals surface area contributed by atoms with Crippen LogP contribution in [0.1, 0.15) is 50.0 Å². The van der Waals surface area contributed by atoms with Crippen LogP contribution in [-0.2, 0) is 27.3 Å². The number of benzene rings is 2. The molecule has 1 aliphatic rings. The number of aryl methyl sites for hydroxylation is 1. The molecule has 208 valence electrons. The van der Waals surface area contributed by atoms with Crippen LogP contribution in [0, 0.1) is 0 Å². The molecule has 1 aliphatic heterocycles. The van der Waals surface area contributed by atoms with E-state index in [1.54, 1.807) is 41.1 Å². The average molecular weight is 555 g/mol. The van der Waals surface area contributed by atoms with Crippen molar-refractivity contribution >= 4 is 23.4 Å². The highest BCUT2D eigenvalue weighted by Gasteiger charge is 2.42. The van der Waals surface area contributed by atoms with Crippen LogP contribution >= 0.6 is 11.6 Å². The predicted molar refractivity (Wildman–Crippen MR) is 146 cm³/mol. The van der Waals surface area contributed by atoms with Crippen molar-refractivity contribution in [1.29, 1.82) is 0 Å². The maximum absolute atomic E-state index is 13.4. The maximum Gasteiger partial charge on any atom is 0.225 e. The molecule has 2 aromatic carbocycles. The summed E-state index contributed by atoms with van der Waals surface area (Å²) in [6.07, 6.45) is 0.633. The first-order chi connectivity index (χ1) is 18.7. The number of aromatic nitrogens is 2. The Morgan fingerprint density at radius 3 is 2.56 bits per heavy atom. The highest BCUT2D eigenvalue weighted by Crippen LogP contribution is 2.27. The van der Waals surface area contributed by atoms with Gasteiger partial charge < -0.3 is 23.7 Å². The fourth-order valence-electron chi connectivity index (χ4n) is 4.38. The number of carbonyl (C=O) groups is 2. The molecule has 10 heteroatoms. The van der Waals surface area contributed by atoms with E-state index >= 15 is 0 Å². The van der Waals surface area contributed by atoms with Crippen LogP contribution in [0.25, 0.3) is 0 Å². The summed E-state index contributed by atoms with van der Waals surface area (Å²) in [5.41, 5.74) is 0.0213. The van der Waals surface area contributed by atoms with Crippen LogP contribution in [0.15, 0.2) is 59.0 Å². The highest BCUT2D eigenvalue weighted by molar-refractivity contribution is 6.30. The second-order valence-corrected chi connectivity index (χ2v) is 10.6. The molecule has 1 saturated heterocycles. The molecule has 0 saturated carbocycles. The summed E-state index contributed by atoms with van der Waals surface area (Å²) in [4.78, 5) is 30.0. The smallest absolute Gasteiger partial charge is 0.225 e. The molecule has 3 aromatic rings. The second kappa shape index (κ2) is 13.1. The van der Waals surface area contributed by atoms with E-state index in [1.807, 2.05) is 44.2 Å². The molecule has 0 N–H and O–H groups in total. The monoisotopic (exact) mass is 554 g/mol. The minimum Gasteiger partial charge on any atom is -0.490 e. The predicted octanol–water partition coefficient (Wildman–Crippen LogP) is 4.50. The van der Waals surface area contributed by atoms with Gasteiger partial charge in [-0.1, -0.05) is 55.8 Å². The molecule has 1 fully saturated rings. The minimum absolute atomic E-state index is 0.0646. The number of rotatable bonds is 11. The Morgan fingerprint density at radius 2 is 1.87 bits per heavy atom. The van der Waals surface area contributed by atoms with Gasteiger partial charge in [-0.2, -0.15) is 0 Å². The van der Waals surface area contributed by atoms with Crippen LogP contribution in [-0.4, -0.2) is 70.8 Å². The van der Waals surface area contributed by atoms with Crippen molar-refractivity contribution < 1.29 is 23.5 Å². The molecule has 2 heterocycles. The molecule has 0 aliphatic carbocycles. The van der Waals surface area contributed by atoms with E-state index in [9.17, 15) is 9.59 Å². The molecule has 39 heavy (non-hydrogen) atoms. The minimum atomic E-state index is -1.01. The number of amides is 2. The van der Waals surface area contributed by atoms with Gasteiger partial charge in [0.2, 0.25) is 23.6 Å². The van der Waals surface area contributed by atoms with Gasteiger partial charge in [0.1, 0.15) is 18.0 Å². The lowest BCUT2D eigenvalue weighted by atomic mass is 9.96.